The molecule has 0 saturated heterocycles. The number of rotatable bonds is 7. The Bertz CT molecular complexity index is 1200. The molecule has 0 fully saturated rings. The fraction of sp³-hybridized carbons (Fsp3) is 0.150. The Morgan fingerprint density at radius 2 is 1.79 bits per heavy atom. The summed E-state index contributed by atoms with van der Waals surface area (Å²) in [7, 11) is 0. The van der Waals surface area contributed by atoms with Crippen molar-refractivity contribution < 1.29 is 27.5 Å². The van der Waals surface area contributed by atoms with Gasteiger partial charge in [0.05, 0.1) is 5.02 Å². The van der Waals surface area contributed by atoms with Gasteiger partial charge in [0.25, 0.3) is 0 Å². The number of ether oxygens (including phenoxy) is 1. The molecule has 0 bridgehead atoms. The van der Waals surface area contributed by atoms with Crippen LogP contribution in [0.3, 0.4) is 0 Å². The number of alkyl halides is 3. The highest BCUT2D eigenvalue weighted by Crippen LogP contribution is 2.39. The van der Waals surface area contributed by atoms with Gasteiger partial charge in [-0.05, 0) is 49.4 Å². The number of amides is 1. The van der Waals surface area contributed by atoms with Gasteiger partial charge in [-0.15, -0.1) is 13.2 Å². The van der Waals surface area contributed by atoms with Crippen molar-refractivity contribution in [1.82, 2.24) is 4.98 Å². The zero-order chi connectivity index (χ0) is 24.5. The first-order valence-electron chi connectivity index (χ1n) is 9.08. The molecule has 1 heterocycles. The van der Waals surface area contributed by atoms with Crippen molar-refractivity contribution in [3.63, 3.8) is 0 Å². The number of nitrogens with two attached hydrogens (primary N) is 2. The summed E-state index contributed by atoms with van der Waals surface area (Å²) in [5, 5.41) is 0.186. The van der Waals surface area contributed by atoms with Crippen LogP contribution in [0.1, 0.15) is 22.2 Å². The van der Waals surface area contributed by atoms with Gasteiger partial charge in [-0.2, -0.15) is 0 Å². The molecule has 0 spiro atoms. The fourth-order valence-electron chi connectivity index (χ4n) is 2.79. The first-order valence-corrected chi connectivity index (χ1v) is 10.6. The molecule has 7 nitrogen and oxygen atoms in total. The van der Waals surface area contributed by atoms with Gasteiger partial charge in [-0.25, -0.2) is 4.98 Å². The number of ketones is 1. The third-order valence-electron chi connectivity index (χ3n) is 4.38. The Kier molecular flexibility index (Phi) is 7.06. The number of benzene rings is 2. The molecule has 0 saturated carbocycles. The summed E-state index contributed by atoms with van der Waals surface area (Å²) >= 11 is 12.7. The number of halogens is 5. The Morgan fingerprint density at radius 3 is 2.33 bits per heavy atom. The van der Waals surface area contributed by atoms with E-state index in [2.05, 4.69) is 9.72 Å². The van der Waals surface area contributed by atoms with Gasteiger partial charge >= 0.3 is 6.36 Å². The summed E-state index contributed by atoms with van der Waals surface area (Å²) in [4.78, 5) is 30.4. The second-order valence-corrected chi connectivity index (χ2v) is 8.48. The zero-order valence-corrected chi connectivity index (χ0v) is 19.0. The van der Waals surface area contributed by atoms with Gasteiger partial charge in [0.2, 0.25) is 11.7 Å². The number of nitrogen functional groups attached to an aromatic ring is 1. The van der Waals surface area contributed by atoms with Gasteiger partial charge in [0, 0.05) is 16.3 Å². The van der Waals surface area contributed by atoms with E-state index in [0.717, 1.165) is 23.5 Å². The third kappa shape index (κ3) is 5.67. The molecule has 2 aromatic carbocycles. The number of thiazole rings is 1. The topological polar surface area (TPSA) is 112 Å². The predicted octanol–water partition coefficient (Wildman–Crippen LogP) is 5.17. The van der Waals surface area contributed by atoms with Gasteiger partial charge in [0.15, 0.2) is 5.13 Å². The average molecular weight is 519 g/mol. The van der Waals surface area contributed by atoms with E-state index in [1.807, 2.05) is 0 Å². The highest BCUT2D eigenvalue weighted by atomic mass is 35.5. The Labute approximate surface area is 199 Å². The molecule has 0 aliphatic rings. The summed E-state index contributed by atoms with van der Waals surface area (Å²) < 4.78 is 41.5. The van der Waals surface area contributed by atoms with Crippen LogP contribution < -0.4 is 21.1 Å². The minimum Gasteiger partial charge on any atom is -0.404 e. The third-order valence-corrected chi connectivity index (χ3v) is 6.00. The minimum absolute atomic E-state index is 0.0946. The lowest BCUT2D eigenvalue weighted by molar-refractivity contribution is -0.274. The van der Waals surface area contributed by atoms with Crippen LogP contribution in [-0.2, 0) is 4.79 Å². The van der Waals surface area contributed by atoms with Crippen LogP contribution in [0.25, 0.3) is 0 Å². The van der Waals surface area contributed by atoms with E-state index in [1.54, 1.807) is 12.1 Å². The molecule has 13 heteroatoms. The van der Waals surface area contributed by atoms with Crippen LogP contribution >= 0.6 is 34.5 Å². The van der Waals surface area contributed by atoms with Crippen molar-refractivity contribution >= 4 is 62.9 Å². The van der Waals surface area contributed by atoms with Gasteiger partial charge < -0.3 is 21.1 Å². The number of aromatic nitrogens is 1. The maximum absolute atomic E-state index is 12.9. The molecule has 1 unspecified atom stereocenters. The highest BCUT2D eigenvalue weighted by molar-refractivity contribution is 7.18. The maximum Gasteiger partial charge on any atom is 0.573 e. The number of hydrogen-bond acceptors (Lipinski definition) is 7. The standard InChI is InChI=1S/C20H15Cl2F3N4O3S/c1-9(18(27)31)29(12-6-7-14(13(22)8-12)32-20(23,24)25)19-28-17(26)16(33-19)15(30)10-2-4-11(21)5-3-10/h2-9H,26H2,1H3,(H2,27,31). The van der Waals surface area contributed by atoms with Crippen LogP contribution in [0.2, 0.25) is 10.0 Å². The second-order valence-electron chi connectivity index (χ2n) is 6.66. The van der Waals surface area contributed by atoms with E-state index in [-0.39, 0.29) is 26.5 Å². The number of hydrogen-bond donors (Lipinski definition) is 2. The molecule has 174 valence electrons. The van der Waals surface area contributed by atoms with Crippen LogP contribution in [0.4, 0.5) is 29.8 Å². The number of anilines is 3. The van der Waals surface area contributed by atoms with Gasteiger partial charge in [-0.1, -0.05) is 34.5 Å². The summed E-state index contributed by atoms with van der Waals surface area (Å²) in [6, 6.07) is 8.49. The summed E-state index contributed by atoms with van der Waals surface area (Å²) in [6.45, 7) is 1.45. The molecule has 0 radical (unpaired) electrons. The van der Waals surface area contributed by atoms with E-state index in [0.29, 0.717) is 10.6 Å². The lowest BCUT2D eigenvalue weighted by atomic mass is 10.1. The zero-order valence-electron chi connectivity index (χ0n) is 16.7. The van der Waals surface area contributed by atoms with Crippen molar-refractivity contribution in [1.29, 1.82) is 0 Å². The first kappa shape index (κ1) is 24.6. The summed E-state index contributed by atoms with van der Waals surface area (Å²) in [6.07, 6.45) is -4.94. The molecule has 4 N–H and O–H groups in total. The Balaban J connectivity index is 2.03. The molecular weight excluding hydrogens is 504 g/mol. The van der Waals surface area contributed by atoms with Crippen molar-refractivity contribution in [2.45, 2.75) is 19.3 Å². The number of carbonyl (C=O) groups is 2. The van der Waals surface area contributed by atoms with Crippen molar-refractivity contribution in [2.75, 3.05) is 10.6 Å². The van der Waals surface area contributed by atoms with E-state index in [4.69, 9.17) is 34.7 Å². The molecule has 3 aromatic rings. The summed E-state index contributed by atoms with van der Waals surface area (Å²) in [5.41, 5.74) is 11.9. The molecule has 3 rings (SSSR count). The van der Waals surface area contributed by atoms with Gasteiger partial charge in [0.1, 0.15) is 22.5 Å². The van der Waals surface area contributed by atoms with E-state index in [9.17, 15) is 22.8 Å². The number of carbonyl (C=O) groups excluding carboxylic acids is 2. The van der Waals surface area contributed by atoms with Crippen LogP contribution in [0.5, 0.6) is 5.75 Å². The number of primary amides is 1. The smallest absolute Gasteiger partial charge is 0.404 e. The van der Waals surface area contributed by atoms with Gasteiger partial charge in [-0.3, -0.25) is 9.59 Å². The molecule has 0 aliphatic heterocycles. The molecule has 1 atom stereocenters. The molecule has 33 heavy (non-hydrogen) atoms. The van der Waals surface area contributed by atoms with Crippen molar-refractivity contribution in [3.05, 3.63) is 63.0 Å². The average Bonchev–Trinajstić information content (AvgIpc) is 3.10. The quantitative estimate of drug-likeness (QED) is 0.417. The van der Waals surface area contributed by atoms with Crippen LogP contribution in [0.15, 0.2) is 42.5 Å². The Hall–Kier alpha value is -3.02. The van der Waals surface area contributed by atoms with Crippen LogP contribution in [0, 0.1) is 0 Å². The van der Waals surface area contributed by atoms with E-state index < -0.39 is 29.8 Å². The van der Waals surface area contributed by atoms with E-state index >= 15 is 0 Å². The summed E-state index contributed by atoms with van der Waals surface area (Å²) in [5.74, 6) is -1.91. The Morgan fingerprint density at radius 1 is 1.15 bits per heavy atom. The number of nitrogens with zero attached hydrogens (tertiary/aromatic N) is 2. The normalized spacial score (nSPS) is 12.3. The van der Waals surface area contributed by atoms with Crippen LogP contribution in [-0.4, -0.2) is 29.1 Å². The monoisotopic (exact) mass is 518 g/mol. The highest BCUT2D eigenvalue weighted by Gasteiger charge is 2.33. The fourth-order valence-corrected chi connectivity index (χ4v) is 4.18. The maximum atomic E-state index is 12.9. The first-order chi connectivity index (χ1) is 15.4. The molecule has 1 aromatic heterocycles. The predicted molar refractivity (Wildman–Crippen MR) is 120 cm³/mol. The molecule has 0 aliphatic carbocycles. The molecular formula is C20H15Cl2F3N4O3S. The van der Waals surface area contributed by atoms with Crippen molar-refractivity contribution in [2.24, 2.45) is 5.73 Å². The van der Waals surface area contributed by atoms with Crippen molar-refractivity contribution in [3.8, 4) is 5.75 Å². The van der Waals surface area contributed by atoms with E-state index in [1.165, 1.54) is 30.0 Å². The second kappa shape index (κ2) is 9.46. The molecule has 1 amide bonds. The lowest BCUT2D eigenvalue weighted by Gasteiger charge is -2.27. The lowest BCUT2D eigenvalue weighted by Crippen LogP contribution is -2.40. The SMILES string of the molecule is CC(C(N)=O)N(c1ccc(OC(F)(F)F)c(Cl)c1)c1nc(N)c(C(=O)c2ccc(Cl)cc2)s1. The largest absolute Gasteiger partial charge is 0.573 e. The minimum atomic E-state index is -4.94.